The Balaban J connectivity index is 1.10. The number of nitrogens with zero attached hydrogens (tertiary/aromatic N) is 2. The first kappa shape index (κ1) is 28.0. The van der Waals surface area contributed by atoms with Crippen LogP contribution in [0.1, 0.15) is 0 Å². The lowest BCUT2D eigenvalue weighted by Gasteiger charge is -2.14. The zero-order chi connectivity index (χ0) is 33.5. The van der Waals surface area contributed by atoms with Crippen molar-refractivity contribution in [2.75, 3.05) is 0 Å². The lowest BCUT2D eigenvalue weighted by atomic mass is 9.98. The van der Waals surface area contributed by atoms with Crippen LogP contribution in [0, 0.1) is 0 Å². The smallest absolute Gasteiger partial charge is 0.0541 e. The van der Waals surface area contributed by atoms with E-state index in [1.54, 1.807) is 0 Å². The van der Waals surface area contributed by atoms with Crippen molar-refractivity contribution < 1.29 is 0 Å². The first-order valence-electron chi connectivity index (χ1n) is 17.5. The van der Waals surface area contributed by atoms with Crippen LogP contribution in [-0.4, -0.2) is 14.1 Å². The van der Waals surface area contributed by atoms with Crippen LogP contribution in [0.2, 0.25) is 0 Å². The summed E-state index contributed by atoms with van der Waals surface area (Å²) >= 11 is 0. The molecule has 3 nitrogen and oxygen atoms in total. The van der Waals surface area contributed by atoms with E-state index in [4.69, 9.17) is 0 Å². The van der Waals surface area contributed by atoms with Crippen molar-refractivity contribution in [3.05, 3.63) is 182 Å². The van der Waals surface area contributed by atoms with Gasteiger partial charge in [0, 0.05) is 54.5 Å². The molecule has 11 rings (SSSR count). The van der Waals surface area contributed by atoms with Gasteiger partial charge in [-0.3, -0.25) is 0 Å². The van der Waals surface area contributed by atoms with E-state index < -0.39 is 0 Å². The molecule has 11 aromatic rings. The van der Waals surface area contributed by atoms with Crippen molar-refractivity contribution in [3.63, 3.8) is 0 Å². The summed E-state index contributed by atoms with van der Waals surface area (Å²) in [4.78, 5) is 3.71. The lowest BCUT2D eigenvalue weighted by Crippen LogP contribution is -1.97. The van der Waals surface area contributed by atoms with Gasteiger partial charge in [-0.2, -0.15) is 0 Å². The van der Waals surface area contributed by atoms with Crippen LogP contribution in [0.5, 0.6) is 0 Å². The van der Waals surface area contributed by atoms with Gasteiger partial charge in [-0.25, -0.2) is 0 Å². The molecule has 0 aliphatic heterocycles. The largest absolute Gasteiger partial charge is 0.355 e. The third-order valence-electron chi connectivity index (χ3n) is 10.7. The minimum Gasteiger partial charge on any atom is -0.355 e. The van der Waals surface area contributed by atoms with Gasteiger partial charge in [0.25, 0.3) is 0 Å². The van der Waals surface area contributed by atoms with E-state index in [9.17, 15) is 0 Å². The molecule has 8 aromatic carbocycles. The number of rotatable bonds is 4. The van der Waals surface area contributed by atoms with Crippen molar-refractivity contribution in [3.8, 4) is 33.6 Å². The quantitative estimate of drug-likeness (QED) is 0.196. The molecule has 3 heteroatoms. The molecule has 0 saturated carbocycles. The van der Waals surface area contributed by atoms with Crippen molar-refractivity contribution in [1.82, 2.24) is 14.1 Å². The summed E-state index contributed by atoms with van der Waals surface area (Å²) in [7, 11) is 0. The van der Waals surface area contributed by atoms with E-state index in [2.05, 4.69) is 196 Å². The van der Waals surface area contributed by atoms with Gasteiger partial charge in [-0.05, 0) is 71.8 Å². The Morgan fingerprint density at radius 3 is 1.02 bits per heavy atom. The molecule has 0 saturated heterocycles. The normalized spacial score (nSPS) is 11.9. The second-order valence-corrected chi connectivity index (χ2v) is 13.4. The van der Waals surface area contributed by atoms with E-state index in [1.165, 1.54) is 88.0 Å². The third kappa shape index (κ3) is 4.12. The van der Waals surface area contributed by atoms with Crippen LogP contribution in [0.25, 0.3) is 99.0 Å². The molecule has 3 heterocycles. The summed E-state index contributed by atoms with van der Waals surface area (Å²) in [6.45, 7) is 0. The molecule has 1 N–H and O–H groups in total. The minimum absolute atomic E-state index is 1.14. The standard InChI is InChI=1S/C48H31N3/c1-7-19-43(50-45-21-9-3-15-35(45)36-16-4-10-22-46(36)50)33(13-1)31-25-27-41-39(29-31)40-30-32(26-28-42(40)49-41)34-14-2-8-20-44(34)51-47-23-11-5-17-37(47)38-18-6-12-24-48(38)51/h1-30,49H. The molecule has 0 bridgehead atoms. The Kier molecular flexibility index (Phi) is 5.96. The highest BCUT2D eigenvalue weighted by molar-refractivity contribution is 6.13. The predicted octanol–water partition coefficient (Wildman–Crippen LogP) is 12.8. The van der Waals surface area contributed by atoms with Crippen LogP contribution in [0.3, 0.4) is 0 Å². The van der Waals surface area contributed by atoms with E-state index in [1.807, 2.05) is 0 Å². The highest BCUT2D eigenvalue weighted by atomic mass is 15.0. The zero-order valence-corrected chi connectivity index (χ0v) is 27.7. The van der Waals surface area contributed by atoms with Crippen molar-refractivity contribution in [1.29, 1.82) is 0 Å². The molecule has 0 spiro atoms. The molecule has 0 amide bonds. The minimum atomic E-state index is 1.14. The number of H-pyrrole nitrogens is 1. The van der Waals surface area contributed by atoms with Crippen molar-refractivity contribution >= 4 is 65.4 Å². The molecule has 238 valence electrons. The molecular formula is C48H31N3. The summed E-state index contributed by atoms with van der Waals surface area (Å²) in [5.74, 6) is 0. The van der Waals surface area contributed by atoms with Crippen molar-refractivity contribution in [2.24, 2.45) is 0 Å². The number of fused-ring (bicyclic) bond motifs is 9. The summed E-state index contributed by atoms with van der Waals surface area (Å²) in [6, 6.07) is 66.2. The summed E-state index contributed by atoms with van der Waals surface area (Å²) in [5.41, 5.74) is 14.3. The number of para-hydroxylation sites is 6. The Labute approximate surface area is 294 Å². The van der Waals surface area contributed by atoms with Gasteiger partial charge in [0.2, 0.25) is 0 Å². The Morgan fingerprint density at radius 2 is 0.627 bits per heavy atom. The average molecular weight is 650 g/mol. The number of aromatic nitrogens is 3. The topological polar surface area (TPSA) is 25.6 Å². The van der Waals surface area contributed by atoms with Gasteiger partial charge in [-0.1, -0.05) is 121 Å². The molecule has 0 aliphatic rings. The maximum absolute atomic E-state index is 3.71. The van der Waals surface area contributed by atoms with Gasteiger partial charge in [0.05, 0.1) is 33.4 Å². The van der Waals surface area contributed by atoms with Gasteiger partial charge < -0.3 is 14.1 Å². The number of hydrogen-bond acceptors (Lipinski definition) is 0. The fourth-order valence-corrected chi connectivity index (χ4v) is 8.42. The molecule has 0 aliphatic carbocycles. The summed E-state index contributed by atoms with van der Waals surface area (Å²) in [5, 5.41) is 7.51. The predicted molar refractivity (Wildman–Crippen MR) is 215 cm³/mol. The monoisotopic (exact) mass is 649 g/mol. The van der Waals surface area contributed by atoms with Crippen molar-refractivity contribution in [2.45, 2.75) is 0 Å². The van der Waals surface area contributed by atoms with Crippen LogP contribution >= 0.6 is 0 Å². The lowest BCUT2D eigenvalue weighted by molar-refractivity contribution is 1.18. The molecule has 0 fully saturated rings. The second kappa shape index (κ2) is 10.8. The Bertz CT molecular complexity index is 2830. The molecular weight excluding hydrogens is 619 g/mol. The fourth-order valence-electron chi connectivity index (χ4n) is 8.42. The second-order valence-electron chi connectivity index (χ2n) is 13.4. The zero-order valence-electron chi connectivity index (χ0n) is 27.7. The van der Waals surface area contributed by atoms with Gasteiger partial charge in [-0.15, -0.1) is 0 Å². The highest BCUT2D eigenvalue weighted by Gasteiger charge is 2.18. The SMILES string of the molecule is c1ccc(-n2c3ccccc3c3ccccc32)c(-c2ccc3[nH]c4ccc(-c5ccccc5-n5c6ccccc6c6ccccc65)cc4c3c2)c1. The van der Waals surface area contributed by atoms with Crippen LogP contribution in [0.15, 0.2) is 182 Å². The number of nitrogens with one attached hydrogen (secondary N) is 1. The van der Waals surface area contributed by atoms with E-state index in [-0.39, 0.29) is 0 Å². The third-order valence-corrected chi connectivity index (χ3v) is 10.7. The van der Waals surface area contributed by atoms with Gasteiger partial charge >= 0.3 is 0 Å². The van der Waals surface area contributed by atoms with Crippen LogP contribution < -0.4 is 0 Å². The van der Waals surface area contributed by atoms with Crippen LogP contribution in [0.4, 0.5) is 0 Å². The first-order valence-corrected chi connectivity index (χ1v) is 17.5. The number of aromatic amines is 1. The molecule has 3 aromatic heterocycles. The number of hydrogen-bond donors (Lipinski definition) is 1. The maximum Gasteiger partial charge on any atom is 0.0541 e. The van der Waals surface area contributed by atoms with Crippen LogP contribution in [-0.2, 0) is 0 Å². The average Bonchev–Trinajstić information content (AvgIpc) is 3.85. The van der Waals surface area contributed by atoms with Gasteiger partial charge in [0.1, 0.15) is 0 Å². The Hall–Kier alpha value is -6.84. The van der Waals surface area contributed by atoms with E-state index >= 15 is 0 Å². The van der Waals surface area contributed by atoms with E-state index in [0.717, 1.165) is 11.0 Å². The fraction of sp³-hybridized carbons (Fsp3) is 0. The van der Waals surface area contributed by atoms with E-state index in [0.29, 0.717) is 0 Å². The number of benzene rings is 8. The maximum atomic E-state index is 3.71. The summed E-state index contributed by atoms with van der Waals surface area (Å²) < 4.78 is 4.84. The first-order chi connectivity index (χ1) is 25.3. The molecule has 51 heavy (non-hydrogen) atoms. The molecule has 0 atom stereocenters. The molecule has 0 radical (unpaired) electrons. The van der Waals surface area contributed by atoms with Gasteiger partial charge in [0.15, 0.2) is 0 Å². The highest BCUT2D eigenvalue weighted by Crippen LogP contribution is 2.40. The summed E-state index contributed by atoms with van der Waals surface area (Å²) in [6.07, 6.45) is 0. The Morgan fingerprint density at radius 1 is 0.294 bits per heavy atom. The molecule has 0 unspecified atom stereocenters.